The molecule has 0 aliphatic heterocycles. The van der Waals surface area contributed by atoms with E-state index in [1.165, 1.54) is 24.9 Å². The molecular formula is C12H30O4S4Si2. The highest BCUT2D eigenvalue weighted by Crippen LogP contribution is 2.53. The second-order valence-electron chi connectivity index (χ2n) is 4.69. The third kappa shape index (κ3) is 8.68. The van der Waals surface area contributed by atoms with Crippen LogP contribution >= 0.6 is 41.2 Å². The zero-order chi connectivity index (χ0) is 16.9. The minimum Gasteiger partial charge on any atom is -0.348 e. The molecule has 22 heavy (non-hydrogen) atoms. The lowest BCUT2D eigenvalue weighted by Gasteiger charge is -2.31. The molecule has 4 nitrogen and oxygen atoms in total. The summed E-state index contributed by atoms with van der Waals surface area (Å²) in [5.41, 5.74) is 0. The van der Waals surface area contributed by atoms with Crippen LogP contribution in [0.3, 0.4) is 0 Å². The monoisotopic (exact) mass is 422 g/mol. The van der Waals surface area contributed by atoms with Crippen LogP contribution < -0.4 is 0 Å². The van der Waals surface area contributed by atoms with Crippen molar-refractivity contribution in [1.82, 2.24) is 0 Å². The molecule has 0 bridgehead atoms. The molecule has 10 heteroatoms. The van der Waals surface area contributed by atoms with E-state index in [1.807, 2.05) is 0 Å². The third-order valence-electron chi connectivity index (χ3n) is 3.27. The highest BCUT2D eigenvalue weighted by atomic mass is 33.7. The normalized spacial score (nSPS) is 13.9. The fourth-order valence-corrected chi connectivity index (χ4v) is 15.7. The number of hydrogen-bond acceptors (Lipinski definition) is 8. The summed E-state index contributed by atoms with van der Waals surface area (Å²) in [6.07, 6.45) is 2.37. The van der Waals surface area contributed by atoms with Crippen molar-refractivity contribution in [2.75, 3.05) is 28.4 Å². The average molecular weight is 423 g/mol. The van der Waals surface area contributed by atoms with Gasteiger partial charge in [0, 0.05) is 28.4 Å². The van der Waals surface area contributed by atoms with E-state index in [9.17, 15) is 0 Å². The molecule has 0 amide bonds. The predicted octanol–water partition coefficient (Wildman–Crippen LogP) is 3.47. The Morgan fingerprint density at radius 3 is 1.23 bits per heavy atom. The Kier molecular flexibility index (Phi) is 15.0. The van der Waals surface area contributed by atoms with Gasteiger partial charge in [-0.05, 0) is 41.2 Å². The minimum absolute atomic E-state index is 0.433. The van der Waals surface area contributed by atoms with Gasteiger partial charge >= 0.3 is 0 Å². The van der Waals surface area contributed by atoms with Gasteiger partial charge in [-0.1, -0.05) is 38.8 Å². The molecule has 0 saturated carbocycles. The lowest BCUT2D eigenvalue weighted by atomic mass is 10.6. The lowest BCUT2D eigenvalue weighted by Crippen LogP contribution is -2.36. The van der Waals surface area contributed by atoms with Crippen molar-refractivity contribution in [2.45, 2.75) is 48.3 Å². The smallest absolute Gasteiger partial charge is 0.200 e. The van der Waals surface area contributed by atoms with Crippen molar-refractivity contribution in [1.29, 1.82) is 0 Å². The van der Waals surface area contributed by atoms with Crippen LogP contribution in [0, 0.1) is 0 Å². The van der Waals surface area contributed by atoms with Gasteiger partial charge in [0.25, 0.3) is 0 Å². The molecule has 0 fully saturated rings. The quantitative estimate of drug-likeness (QED) is 0.172. The standard InChI is InChI=1S/C12H30O4S4Si2/c1-7-9-21-11(13-3,14-4)17-19-20-18-12(15-5,16-6)22-10-8-2/h7-10,21-22H2,1-6H3. The Balaban J connectivity index is 4.34. The second kappa shape index (κ2) is 13.9. The van der Waals surface area contributed by atoms with E-state index in [1.54, 1.807) is 69.7 Å². The van der Waals surface area contributed by atoms with Gasteiger partial charge in [0.15, 0.2) is 9.48 Å². The number of ether oxygens (including phenoxy) is 4. The molecule has 0 atom stereocenters. The van der Waals surface area contributed by atoms with Crippen molar-refractivity contribution in [3.05, 3.63) is 0 Å². The van der Waals surface area contributed by atoms with Crippen LogP contribution in [-0.4, -0.2) is 57.0 Å². The Labute approximate surface area is 155 Å². The van der Waals surface area contributed by atoms with Gasteiger partial charge in [0.05, 0.1) is 0 Å². The Morgan fingerprint density at radius 2 is 1.00 bits per heavy atom. The zero-order valence-corrected chi connectivity index (χ0v) is 20.6. The molecule has 0 aromatic carbocycles. The summed E-state index contributed by atoms with van der Waals surface area (Å²) in [6, 6.07) is 2.44. The predicted molar refractivity (Wildman–Crippen MR) is 111 cm³/mol. The van der Waals surface area contributed by atoms with Gasteiger partial charge < -0.3 is 18.9 Å². The number of methoxy groups -OCH3 is 4. The first-order valence-electron chi connectivity index (χ1n) is 7.48. The van der Waals surface area contributed by atoms with Gasteiger partial charge in [0.2, 0.25) is 0 Å². The molecule has 0 aliphatic carbocycles. The fraction of sp³-hybridized carbons (Fsp3) is 1.00. The van der Waals surface area contributed by atoms with Gasteiger partial charge in [-0.25, -0.2) is 0 Å². The average Bonchev–Trinajstić information content (AvgIpc) is 2.58. The van der Waals surface area contributed by atoms with E-state index >= 15 is 0 Å². The zero-order valence-electron chi connectivity index (χ0n) is 14.5. The molecule has 0 rings (SSSR count). The molecule has 0 aromatic heterocycles. The van der Waals surface area contributed by atoms with Gasteiger partial charge in [-0.15, -0.1) is 0 Å². The molecule has 0 saturated heterocycles. The van der Waals surface area contributed by atoms with Crippen LogP contribution in [0.25, 0.3) is 0 Å². The Morgan fingerprint density at radius 1 is 0.682 bits per heavy atom. The maximum atomic E-state index is 5.64. The maximum absolute atomic E-state index is 5.64. The van der Waals surface area contributed by atoms with E-state index in [0.29, 0.717) is 0 Å². The van der Waals surface area contributed by atoms with E-state index in [2.05, 4.69) is 13.8 Å². The van der Waals surface area contributed by atoms with Crippen molar-refractivity contribution in [2.24, 2.45) is 0 Å². The summed E-state index contributed by atoms with van der Waals surface area (Å²) in [5.74, 6) is 0. The summed E-state index contributed by atoms with van der Waals surface area (Å²) >= 11 is 0. The Hall–Kier alpha value is 1.67. The van der Waals surface area contributed by atoms with Crippen LogP contribution in [0.4, 0.5) is 0 Å². The SMILES string of the molecule is CCC[SiH2]C(OC)(OC)SSSSC(OC)(OC)[SiH2]CCC. The van der Waals surface area contributed by atoms with Crippen molar-refractivity contribution < 1.29 is 18.9 Å². The molecule has 134 valence electrons. The third-order valence-corrected chi connectivity index (χ3v) is 17.8. The summed E-state index contributed by atoms with van der Waals surface area (Å²) in [7, 11) is 12.8. The fourth-order valence-electron chi connectivity index (χ4n) is 1.71. The van der Waals surface area contributed by atoms with Gasteiger partial charge in [-0.2, -0.15) is 0 Å². The van der Waals surface area contributed by atoms with Crippen LogP contribution in [0.5, 0.6) is 0 Å². The molecule has 0 unspecified atom stereocenters. The topological polar surface area (TPSA) is 36.9 Å². The largest absolute Gasteiger partial charge is 0.348 e. The van der Waals surface area contributed by atoms with E-state index in [4.69, 9.17) is 18.9 Å². The molecule has 0 aliphatic rings. The van der Waals surface area contributed by atoms with E-state index in [0.717, 1.165) is 0 Å². The summed E-state index contributed by atoms with van der Waals surface area (Å²) in [6.45, 7) is 4.41. The summed E-state index contributed by atoms with van der Waals surface area (Å²) in [4.78, 5) is 0. The van der Waals surface area contributed by atoms with Gasteiger partial charge in [-0.3, -0.25) is 0 Å². The first-order chi connectivity index (χ1) is 10.6. The first-order valence-corrected chi connectivity index (χ1v) is 15.7. The van der Waals surface area contributed by atoms with Crippen molar-refractivity contribution in [3.8, 4) is 0 Å². The lowest BCUT2D eigenvalue weighted by molar-refractivity contribution is -0.0726. The summed E-state index contributed by atoms with van der Waals surface area (Å²) < 4.78 is 21.7. The van der Waals surface area contributed by atoms with Crippen LogP contribution in [0.2, 0.25) is 12.1 Å². The molecule has 0 heterocycles. The molecule has 0 aromatic rings. The van der Waals surface area contributed by atoms with Crippen LogP contribution in [0.15, 0.2) is 0 Å². The number of rotatable bonds is 15. The van der Waals surface area contributed by atoms with Crippen LogP contribution in [-0.2, 0) is 18.9 Å². The molecule has 0 radical (unpaired) electrons. The first kappa shape index (κ1) is 23.7. The minimum atomic E-state index is -0.446. The molecule has 0 N–H and O–H groups in total. The Bertz CT molecular complexity index is 244. The highest BCUT2D eigenvalue weighted by molar-refractivity contribution is 9.26. The highest BCUT2D eigenvalue weighted by Gasteiger charge is 2.33. The second-order valence-corrected chi connectivity index (χ2v) is 16.1. The van der Waals surface area contributed by atoms with E-state index in [-0.39, 0.29) is 0 Å². The number of hydrogen-bond donors (Lipinski definition) is 0. The molecular weight excluding hydrogens is 393 g/mol. The van der Waals surface area contributed by atoms with Crippen molar-refractivity contribution in [3.63, 3.8) is 0 Å². The van der Waals surface area contributed by atoms with Crippen molar-refractivity contribution >= 4 is 60.3 Å². The molecule has 0 spiro atoms. The summed E-state index contributed by atoms with van der Waals surface area (Å²) in [5, 5.41) is 0. The maximum Gasteiger partial charge on any atom is 0.200 e. The van der Waals surface area contributed by atoms with E-state index < -0.39 is 28.5 Å². The van der Waals surface area contributed by atoms with Crippen LogP contribution in [0.1, 0.15) is 26.7 Å². The van der Waals surface area contributed by atoms with Gasteiger partial charge in [0.1, 0.15) is 19.0 Å².